The second-order valence-corrected chi connectivity index (χ2v) is 3.29. The van der Waals surface area contributed by atoms with Crippen LogP contribution in [-0.4, -0.2) is 17.1 Å². The number of nitrogens with zero attached hydrogens (tertiary/aromatic N) is 2. The summed E-state index contributed by atoms with van der Waals surface area (Å²) < 4.78 is 5.00. The molecule has 0 amide bonds. The van der Waals surface area contributed by atoms with Crippen molar-refractivity contribution in [1.29, 1.82) is 0 Å². The van der Waals surface area contributed by atoms with Crippen LogP contribution in [0.4, 0.5) is 0 Å². The van der Waals surface area contributed by atoms with Crippen molar-refractivity contribution in [2.75, 3.05) is 7.11 Å². The first kappa shape index (κ1) is 8.19. The Morgan fingerprint density at radius 3 is 2.69 bits per heavy atom. The zero-order valence-electron chi connectivity index (χ0n) is 7.10. The minimum Gasteiger partial charge on any atom is -0.480 e. The Kier molecular flexibility index (Phi) is 2.23. The van der Waals surface area contributed by atoms with Gasteiger partial charge in [0.1, 0.15) is 5.01 Å². The molecular formula is C9H8N2OS. The van der Waals surface area contributed by atoms with Gasteiger partial charge in [-0.25, -0.2) is 4.98 Å². The molecule has 0 aliphatic rings. The molecule has 4 heteroatoms. The summed E-state index contributed by atoms with van der Waals surface area (Å²) in [5, 5.41) is 2.84. The first-order valence-corrected chi connectivity index (χ1v) is 4.68. The lowest BCUT2D eigenvalue weighted by Gasteiger charge is -1.93. The first-order valence-electron chi connectivity index (χ1n) is 3.80. The van der Waals surface area contributed by atoms with Crippen LogP contribution in [-0.2, 0) is 0 Å². The molecule has 0 N–H and O–H groups in total. The molecule has 0 bridgehead atoms. The Hall–Kier alpha value is -1.42. The summed E-state index contributed by atoms with van der Waals surface area (Å²) in [6, 6.07) is 3.86. The summed E-state index contributed by atoms with van der Waals surface area (Å²) in [5.41, 5.74) is 1.07. The molecule has 0 saturated carbocycles. The Balaban J connectivity index is 2.36. The van der Waals surface area contributed by atoms with Crippen LogP contribution >= 0.6 is 11.3 Å². The van der Waals surface area contributed by atoms with E-state index in [1.165, 1.54) is 0 Å². The van der Waals surface area contributed by atoms with Crippen molar-refractivity contribution in [1.82, 2.24) is 9.97 Å². The molecule has 0 aliphatic heterocycles. The van der Waals surface area contributed by atoms with Crippen molar-refractivity contribution in [2.24, 2.45) is 0 Å². The summed E-state index contributed by atoms with van der Waals surface area (Å²) in [4.78, 5) is 8.21. The van der Waals surface area contributed by atoms with Crippen molar-refractivity contribution < 1.29 is 4.74 Å². The quantitative estimate of drug-likeness (QED) is 0.731. The van der Waals surface area contributed by atoms with Crippen LogP contribution in [0.15, 0.2) is 29.9 Å². The monoisotopic (exact) mass is 192 g/mol. The topological polar surface area (TPSA) is 35.0 Å². The zero-order valence-corrected chi connectivity index (χ0v) is 7.91. The maximum Gasteiger partial charge on any atom is 0.224 e. The number of rotatable bonds is 2. The largest absolute Gasteiger partial charge is 0.480 e. The van der Waals surface area contributed by atoms with E-state index in [1.54, 1.807) is 30.8 Å². The summed E-state index contributed by atoms with van der Waals surface area (Å²) in [6.07, 6.45) is 3.51. The fraction of sp³-hybridized carbons (Fsp3) is 0.111. The predicted octanol–water partition coefficient (Wildman–Crippen LogP) is 2.21. The highest BCUT2D eigenvalue weighted by atomic mass is 32.1. The van der Waals surface area contributed by atoms with E-state index in [2.05, 4.69) is 9.97 Å². The lowest BCUT2D eigenvalue weighted by atomic mass is 10.3. The van der Waals surface area contributed by atoms with Gasteiger partial charge in [-0.05, 0) is 12.1 Å². The van der Waals surface area contributed by atoms with Gasteiger partial charge in [0.2, 0.25) is 5.88 Å². The van der Waals surface area contributed by atoms with Crippen LogP contribution in [0, 0.1) is 0 Å². The Bertz CT molecular complexity index is 386. The molecule has 0 saturated heterocycles. The van der Waals surface area contributed by atoms with E-state index in [4.69, 9.17) is 4.74 Å². The van der Waals surface area contributed by atoms with Gasteiger partial charge in [0.05, 0.1) is 12.5 Å². The maximum absolute atomic E-state index is 5.00. The number of aromatic nitrogens is 2. The maximum atomic E-state index is 5.00. The second kappa shape index (κ2) is 3.53. The third kappa shape index (κ3) is 1.67. The smallest absolute Gasteiger partial charge is 0.224 e. The minimum absolute atomic E-state index is 0.664. The average Bonchev–Trinajstić information content (AvgIpc) is 2.67. The fourth-order valence-corrected chi connectivity index (χ4v) is 1.76. The summed E-state index contributed by atoms with van der Waals surface area (Å²) in [6.45, 7) is 0. The summed E-state index contributed by atoms with van der Waals surface area (Å²) >= 11 is 1.56. The normalized spacial score (nSPS) is 9.92. The molecule has 66 valence electrons. The van der Waals surface area contributed by atoms with Gasteiger partial charge in [-0.15, -0.1) is 11.3 Å². The van der Waals surface area contributed by atoms with Crippen molar-refractivity contribution in [3.63, 3.8) is 0 Å². The highest BCUT2D eigenvalue weighted by Crippen LogP contribution is 2.25. The van der Waals surface area contributed by atoms with E-state index in [0.717, 1.165) is 10.6 Å². The van der Waals surface area contributed by atoms with Crippen molar-refractivity contribution in [2.45, 2.75) is 0 Å². The van der Waals surface area contributed by atoms with Crippen LogP contribution in [0.1, 0.15) is 0 Å². The predicted molar refractivity (Wildman–Crippen MR) is 51.9 cm³/mol. The number of thiazole rings is 1. The van der Waals surface area contributed by atoms with E-state index < -0.39 is 0 Å². The number of hydrogen-bond donors (Lipinski definition) is 0. The van der Waals surface area contributed by atoms with Gasteiger partial charge in [0.25, 0.3) is 0 Å². The number of methoxy groups -OCH3 is 1. The molecule has 2 aromatic rings. The zero-order chi connectivity index (χ0) is 9.10. The molecule has 0 aliphatic carbocycles. The highest BCUT2D eigenvalue weighted by Gasteiger charge is 2.02. The van der Waals surface area contributed by atoms with E-state index in [9.17, 15) is 0 Å². The van der Waals surface area contributed by atoms with E-state index in [1.807, 2.05) is 17.5 Å². The molecule has 2 rings (SSSR count). The van der Waals surface area contributed by atoms with E-state index in [0.29, 0.717) is 5.88 Å². The molecule has 2 aromatic heterocycles. The van der Waals surface area contributed by atoms with Gasteiger partial charge in [-0.1, -0.05) is 0 Å². The molecule has 2 heterocycles. The summed E-state index contributed by atoms with van der Waals surface area (Å²) in [5.74, 6) is 0.664. The van der Waals surface area contributed by atoms with Gasteiger partial charge in [-0.2, -0.15) is 0 Å². The Labute approximate surface area is 80.0 Å². The first-order chi connectivity index (χ1) is 6.40. The highest BCUT2D eigenvalue weighted by molar-refractivity contribution is 7.13. The third-order valence-electron chi connectivity index (χ3n) is 1.62. The Morgan fingerprint density at radius 2 is 2.08 bits per heavy atom. The SMILES string of the molecule is COc1csc(-c2ccncc2)n1. The molecule has 0 atom stereocenters. The van der Waals surface area contributed by atoms with Gasteiger partial charge < -0.3 is 4.74 Å². The van der Waals surface area contributed by atoms with Crippen molar-refractivity contribution in [3.05, 3.63) is 29.9 Å². The lowest BCUT2D eigenvalue weighted by molar-refractivity contribution is 0.401. The molecule has 13 heavy (non-hydrogen) atoms. The molecule has 0 unspecified atom stereocenters. The average molecular weight is 192 g/mol. The van der Waals surface area contributed by atoms with Gasteiger partial charge >= 0.3 is 0 Å². The van der Waals surface area contributed by atoms with Gasteiger partial charge in [-0.3, -0.25) is 4.98 Å². The number of hydrogen-bond acceptors (Lipinski definition) is 4. The molecule has 0 fully saturated rings. The molecule has 0 radical (unpaired) electrons. The lowest BCUT2D eigenvalue weighted by Crippen LogP contribution is -1.82. The Morgan fingerprint density at radius 1 is 1.31 bits per heavy atom. The van der Waals surface area contributed by atoms with Crippen LogP contribution in [0.25, 0.3) is 10.6 Å². The second-order valence-electron chi connectivity index (χ2n) is 2.43. The molecule has 0 aromatic carbocycles. The number of ether oxygens (including phenoxy) is 1. The fourth-order valence-electron chi connectivity index (χ4n) is 0.980. The van der Waals surface area contributed by atoms with Crippen molar-refractivity contribution >= 4 is 11.3 Å². The third-order valence-corrected chi connectivity index (χ3v) is 2.49. The molecule has 3 nitrogen and oxygen atoms in total. The molecule has 0 spiro atoms. The minimum atomic E-state index is 0.664. The van der Waals surface area contributed by atoms with E-state index in [-0.39, 0.29) is 0 Å². The van der Waals surface area contributed by atoms with Crippen LogP contribution in [0.5, 0.6) is 5.88 Å². The van der Waals surface area contributed by atoms with Crippen LogP contribution < -0.4 is 4.74 Å². The summed E-state index contributed by atoms with van der Waals surface area (Å²) in [7, 11) is 1.62. The van der Waals surface area contributed by atoms with Crippen LogP contribution in [0.2, 0.25) is 0 Å². The number of pyridine rings is 1. The van der Waals surface area contributed by atoms with Crippen molar-refractivity contribution in [3.8, 4) is 16.5 Å². The van der Waals surface area contributed by atoms with Gasteiger partial charge in [0.15, 0.2) is 0 Å². The van der Waals surface area contributed by atoms with Crippen LogP contribution in [0.3, 0.4) is 0 Å². The van der Waals surface area contributed by atoms with Gasteiger partial charge in [0, 0.05) is 18.0 Å². The van der Waals surface area contributed by atoms with E-state index >= 15 is 0 Å². The molecular weight excluding hydrogens is 184 g/mol. The standard InChI is InChI=1S/C9H8N2OS/c1-12-8-6-13-9(11-8)7-2-4-10-5-3-7/h2-6H,1H3.